The molecule has 6 heteroatoms. The predicted molar refractivity (Wildman–Crippen MR) is 101 cm³/mol. The predicted octanol–water partition coefficient (Wildman–Crippen LogP) is 2.33. The minimum absolute atomic E-state index is 0.00950. The lowest BCUT2D eigenvalue weighted by molar-refractivity contribution is -0.147. The first kappa shape index (κ1) is 18.1. The molecule has 0 N–H and O–H groups in total. The van der Waals surface area contributed by atoms with Crippen molar-refractivity contribution >= 4 is 11.8 Å². The maximum Gasteiger partial charge on any atom is 0.260 e. The molecule has 2 saturated heterocycles. The van der Waals surface area contributed by atoms with Crippen LogP contribution in [0.25, 0.3) is 0 Å². The summed E-state index contributed by atoms with van der Waals surface area (Å²) in [5.74, 6) is 1.94. The molecule has 3 aliphatic rings. The monoisotopic (exact) mass is 372 g/mol. The average Bonchev–Trinajstić information content (AvgIpc) is 3.34. The molecule has 0 radical (unpaired) electrons. The second-order valence-electron chi connectivity index (χ2n) is 8.21. The molecule has 27 heavy (non-hydrogen) atoms. The lowest BCUT2D eigenvalue weighted by atomic mass is 9.78. The number of benzene rings is 1. The molecule has 1 saturated carbocycles. The van der Waals surface area contributed by atoms with Crippen LogP contribution in [0.4, 0.5) is 0 Å². The molecule has 6 nitrogen and oxygen atoms in total. The molecule has 1 aromatic rings. The normalized spacial score (nSPS) is 21.4. The fourth-order valence-electron chi connectivity index (χ4n) is 4.68. The minimum Gasteiger partial charge on any atom is -0.497 e. The van der Waals surface area contributed by atoms with E-state index in [1.54, 1.807) is 13.2 Å². The van der Waals surface area contributed by atoms with Gasteiger partial charge in [0.1, 0.15) is 11.5 Å². The highest BCUT2D eigenvalue weighted by Gasteiger charge is 2.51. The second-order valence-corrected chi connectivity index (χ2v) is 8.21. The Labute approximate surface area is 160 Å². The van der Waals surface area contributed by atoms with E-state index in [-0.39, 0.29) is 23.8 Å². The van der Waals surface area contributed by atoms with E-state index < -0.39 is 0 Å². The molecule has 1 aliphatic carbocycles. The highest BCUT2D eigenvalue weighted by Crippen LogP contribution is 2.41. The van der Waals surface area contributed by atoms with Crippen molar-refractivity contribution in [3.8, 4) is 11.5 Å². The number of carbonyl (C=O) groups is 2. The third-order valence-corrected chi connectivity index (χ3v) is 6.26. The fourth-order valence-corrected chi connectivity index (χ4v) is 4.68. The van der Waals surface area contributed by atoms with Crippen molar-refractivity contribution < 1.29 is 19.1 Å². The first-order chi connectivity index (χ1) is 13.1. The van der Waals surface area contributed by atoms with E-state index in [2.05, 4.69) is 0 Å². The Morgan fingerprint density at radius 2 is 1.81 bits per heavy atom. The number of amides is 2. The van der Waals surface area contributed by atoms with Gasteiger partial charge in [0.05, 0.1) is 7.11 Å². The summed E-state index contributed by atoms with van der Waals surface area (Å²) in [5.41, 5.74) is 0.111. The molecule has 2 aliphatic heterocycles. The van der Waals surface area contributed by atoms with Crippen molar-refractivity contribution in [2.75, 3.05) is 39.9 Å². The lowest BCUT2D eigenvalue weighted by Gasteiger charge is -2.48. The fraction of sp³-hybridized carbons (Fsp3) is 0.619. The summed E-state index contributed by atoms with van der Waals surface area (Å²) in [6.07, 6.45) is 5.45. The van der Waals surface area contributed by atoms with Crippen LogP contribution in [0.2, 0.25) is 0 Å². The highest BCUT2D eigenvalue weighted by atomic mass is 16.5. The summed E-state index contributed by atoms with van der Waals surface area (Å²) < 4.78 is 10.8. The lowest BCUT2D eigenvalue weighted by Crippen LogP contribution is -2.60. The zero-order valence-corrected chi connectivity index (χ0v) is 16.0. The van der Waals surface area contributed by atoms with Crippen LogP contribution < -0.4 is 9.47 Å². The minimum atomic E-state index is 0.00950. The summed E-state index contributed by atoms with van der Waals surface area (Å²) in [4.78, 5) is 28.9. The van der Waals surface area contributed by atoms with Gasteiger partial charge in [-0.25, -0.2) is 0 Å². The van der Waals surface area contributed by atoms with E-state index in [1.807, 2.05) is 28.0 Å². The van der Waals surface area contributed by atoms with Gasteiger partial charge in [-0.3, -0.25) is 9.59 Å². The van der Waals surface area contributed by atoms with Gasteiger partial charge in [0.15, 0.2) is 6.61 Å². The molecule has 4 rings (SSSR count). The Morgan fingerprint density at radius 3 is 2.56 bits per heavy atom. The Balaban J connectivity index is 1.24. The first-order valence-electron chi connectivity index (χ1n) is 9.92. The van der Waals surface area contributed by atoms with Crippen LogP contribution >= 0.6 is 0 Å². The molecule has 0 atom stereocenters. The zero-order chi connectivity index (χ0) is 18.9. The summed E-state index contributed by atoms with van der Waals surface area (Å²) in [5, 5.41) is 0. The van der Waals surface area contributed by atoms with E-state index in [0.29, 0.717) is 17.4 Å². The third-order valence-electron chi connectivity index (χ3n) is 6.26. The van der Waals surface area contributed by atoms with Gasteiger partial charge in [0.25, 0.3) is 5.91 Å². The highest BCUT2D eigenvalue weighted by molar-refractivity contribution is 5.81. The van der Waals surface area contributed by atoms with Crippen LogP contribution in [0.5, 0.6) is 11.5 Å². The van der Waals surface area contributed by atoms with Crippen LogP contribution in [0.1, 0.15) is 32.1 Å². The molecule has 1 spiro atoms. The summed E-state index contributed by atoms with van der Waals surface area (Å²) in [6, 6.07) is 7.28. The van der Waals surface area contributed by atoms with Crippen LogP contribution in [0.15, 0.2) is 24.3 Å². The Kier molecular flexibility index (Phi) is 4.98. The van der Waals surface area contributed by atoms with Gasteiger partial charge in [-0.05, 0) is 31.4 Å². The van der Waals surface area contributed by atoms with Gasteiger partial charge in [0, 0.05) is 43.6 Å². The van der Waals surface area contributed by atoms with E-state index in [1.165, 1.54) is 12.8 Å². The van der Waals surface area contributed by atoms with Gasteiger partial charge in [-0.2, -0.15) is 0 Å². The molecule has 146 valence electrons. The van der Waals surface area contributed by atoms with E-state index in [9.17, 15) is 9.59 Å². The van der Waals surface area contributed by atoms with Gasteiger partial charge in [-0.15, -0.1) is 0 Å². The van der Waals surface area contributed by atoms with Gasteiger partial charge in [-0.1, -0.05) is 18.9 Å². The van der Waals surface area contributed by atoms with Crippen molar-refractivity contribution in [3.63, 3.8) is 0 Å². The van der Waals surface area contributed by atoms with Crippen molar-refractivity contribution in [3.05, 3.63) is 24.3 Å². The Hall–Kier alpha value is -2.24. The Bertz CT molecular complexity index is 708. The van der Waals surface area contributed by atoms with Crippen LogP contribution in [-0.4, -0.2) is 61.5 Å². The average molecular weight is 372 g/mol. The number of rotatable bonds is 5. The molecule has 2 heterocycles. The third kappa shape index (κ3) is 3.75. The van der Waals surface area contributed by atoms with E-state index >= 15 is 0 Å². The molecule has 0 unspecified atom stereocenters. The number of hydrogen-bond acceptors (Lipinski definition) is 4. The van der Waals surface area contributed by atoms with Crippen LogP contribution in [0.3, 0.4) is 0 Å². The summed E-state index contributed by atoms with van der Waals surface area (Å²) >= 11 is 0. The maximum absolute atomic E-state index is 12.5. The number of methoxy groups -OCH3 is 1. The molecule has 1 aromatic carbocycles. The van der Waals surface area contributed by atoms with Crippen molar-refractivity contribution in [1.29, 1.82) is 0 Å². The number of hydrogen-bond donors (Lipinski definition) is 0. The summed E-state index contributed by atoms with van der Waals surface area (Å²) in [6.45, 7) is 3.15. The van der Waals surface area contributed by atoms with Crippen LogP contribution in [-0.2, 0) is 9.59 Å². The molecule has 0 bridgehead atoms. The zero-order valence-electron chi connectivity index (χ0n) is 16.0. The topological polar surface area (TPSA) is 59.1 Å². The first-order valence-corrected chi connectivity index (χ1v) is 9.92. The van der Waals surface area contributed by atoms with Crippen LogP contribution in [0, 0.1) is 11.3 Å². The smallest absolute Gasteiger partial charge is 0.260 e. The molecule has 0 aromatic heterocycles. The molecule has 3 fully saturated rings. The van der Waals surface area contributed by atoms with Crippen molar-refractivity contribution in [2.24, 2.45) is 11.3 Å². The quantitative estimate of drug-likeness (QED) is 0.796. The van der Waals surface area contributed by atoms with Crippen molar-refractivity contribution in [2.45, 2.75) is 32.1 Å². The summed E-state index contributed by atoms with van der Waals surface area (Å²) in [7, 11) is 1.60. The van der Waals surface area contributed by atoms with E-state index in [4.69, 9.17) is 9.47 Å². The standard InChI is InChI=1S/C21H28N2O4/c1-26-17-7-4-8-18(11-17)27-12-19(24)22-10-9-21(13-22)14-23(15-21)20(25)16-5-2-3-6-16/h4,7-8,11,16H,2-3,5-6,9-10,12-15H2,1H3. The maximum atomic E-state index is 12.5. The number of nitrogens with zero attached hydrogens (tertiary/aromatic N) is 2. The Morgan fingerprint density at radius 1 is 1.11 bits per heavy atom. The number of ether oxygens (including phenoxy) is 2. The number of likely N-dealkylation sites (tertiary alicyclic amines) is 2. The van der Waals surface area contributed by atoms with Gasteiger partial charge >= 0.3 is 0 Å². The van der Waals surface area contributed by atoms with Crippen molar-refractivity contribution in [1.82, 2.24) is 9.80 Å². The number of carbonyl (C=O) groups excluding carboxylic acids is 2. The SMILES string of the molecule is COc1cccc(OCC(=O)N2CCC3(C2)CN(C(=O)C2CCCC2)C3)c1. The largest absolute Gasteiger partial charge is 0.497 e. The van der Waals surface area contributed by atoms with E-state index in [0.717, 1.165) is 45.4 Å². The molecule has 2 amide bonds. The second kappa shape index (κ2) is 7.41. The molecular weight excluding hydrogens is 344 g/mol. The molecular formula is C21H28N2O4. The van der Waals surface area contributed by atoms with Gasteiger partial charge < -0.3 is 19.3 Å². The van der Waals surface area contributed by atoms with Gasteiger partial charge in [0.2, 0.25) is 5.91 Å².